The van der Waals surface area contributed by atoms with Crippen LogP contribution in [0, 0.1) is 0 Å². The van der Waals surface area contributed by atoms with Gasteiger partial charge in [-0.15, -0.1) is 11.3 Å². The van der Waals surface area contributed by atoms with E-state index in [1.54, 1.807) is 11.3 Å². The molecular weight excluding hydrogens is 330 g/mol. The summed E-state index contributed by atoms with van der Waals surface area (Å²) in [6.07, 6.45) is 2.14. The molecule has 4 heteroatoms. The summed E-state index contributed by atoms with van der Waals surface area (Å²) < 4.78 is 0.925. The minimum Gasteiger partial charge on any atom is -0.323 e. The summed E-state index contributed by atoms with van der Waals surface area (Å²) in [5.41, 5.74) is 7.30. The molecule has 2 rings (SSSR count). The van der Waals surface area contributed by atoms with Gasteiger partial charge < -0.3 is 5.73 Å². The predicted molar refractivity (Wildman–Crippen MR) is 84.3 cm³/mol. The lowest BCUT2D eigenvalue weighted by Gasteiger charge is -2.06. The van der Waals surface area contributed by atoms with Crippen LogP contribution in [0.1, 0.15) is 30.7 Å². The highest BCUT2D eigenvalue weighted by Crippen LogP contribution is 2.35. The van der Waals surface area contributed by atoms with E-state index in [1.165, 1.54) is 15.3 Å². The quantitative estimate of drug-likeness (QED) is 0.764. The number of halogens is 2. The van der Waals surface area contributed by atoms with Crippen molar-refractivity contribution in [3.8, 4) is 10.4 Å². The van der Waals surface area contributed by atoms with E-state index in [9.17, 15) is 0 Å². The van der Waals surface area contributed by atoms with Gasteiger partial charge in [0.2, 0.25) is 0 Å². The molecule has 0 aliphatic heterocycles. The van der Waals surface area contributed by atoms with Gasteiger partial charge in [0.1, 0.15) is 0 Å². The molecule has 0 aliphatic carbocycles. The Labute approximate surface area is 125 Å². The van der Waals surface area contributed by atoms with E-state index in [-0.39, 0.29) is 6.04 Å². The third kappa shape index (κ3) is 3.15. The van der Waals surface area contributed by atoms with E-state index in [2.05, 4.69) is 35.0 Å². The van der Waals surface area contributed by atoms with Crippen LogP contribution in [-0.4, -0.2) is 0 Å². The molecular formula is C14H15BrClNS. The van der Waals surface area contributed by atoms with Crippen molar-refractivity contribution in [3.05, 3.63) is 44.7 Å². The zero-order valence-corrected chi connectivity index (χ0v) is 13.3. The Bertz CT molecular complexity index is 538. The molecule has 1 unspecified atom stereocenters. The smallest absolute Gasteiger partial charge is 0.0548 e. The third-order valence-electron chi connectivity index (χ3n) is 2.80. The summed E-state index contributed by atoms with van der Waals surface area (Å²) in [5, 5.41) is 0.734. The molecule has 1 heterocycles. The van der Waals surface area contributed by atoms with Gasteiger partial charge in [-0.05, 0) is 52.2 Å². The molecule has 0 radical (unpaired) electrons. The van der Waals surface area contributed by atoms with E-state index in [0.717, 1.165) is 22.3 Å². The largest absolute Gasteiger partial charge is 0.323 e. The number of nitrogens with two attached hydrogens (primary N) is 1. The number of rotatable bonds is 4. The molecule has 2 N–H and O–H groups in total. The Morgan fingerprint density at radius 3 is 2.78 bits per heavy atom. The van der Waals surface area contributed by atoms with Crippen molar-refractivity contribution >= 4 is 38.9 Å². The summed E-state index contributed by atoms with van der Waals surface area (Å²) in [6, 6.07) is 10.4. The number of hydrogen-bond acceptors (Lipinski definition) is 2. The molecule has 0 saturated heterocycles. The Balaban J connectivity index is 2.26. The van der Waals surface area contributed by atoms with Gasteiger partial charge in [0.15, 0.2) is 0 Å². The average molecular weight is 345 g/mol. The minimum atomic E-state index is 0.157. The van der Waals surface area contributed by atoms with Crippen LogP contribution in [-0.2, 0) is 0 Å². The molecule has 0 spiro atoms. The molecule has 1 aromatic heterocycles. The predicted octanol–water partition coefficient (Wildman–Crippen LogP) is 5.63. The number of thiophene rings is 1. The lowest BCUT2D eigenvalue weighted by Crippen LogP contribution is -2.07. The Morgan fingerprint density at radius 1 is 1.33 bits per heavy atom. The van der Waals surface area contributed by atoms with E-state index in [1.807, 2.05) is 18.2 Å². The maximum absolute atomic E-state index is 6.13. The van der Waals surface area contributed by atoms with Gasteiger partial charge in [-0.3, -0.25) is 0 Å². The standard InChI is InChI=1S/C14H15BrClNS/c1-2-3-12(17)14-7-6-13(18-14)9-4-5-11(16)10(15)8-9/h4-8,12H,2-3,17H2,1H3. The Morgan fingerprint density at radius 2 is 2.11 bits per heavy atom. The fraction of sp³-hybridized carbons (Fsp3) is 0.286. The van der Waals surface area contributed by atoms with Crippen molar-refractivity contribution in [2.45, 2.75) is 25.8 Å². The molecule has 2 aromatic rings. The molecule has 0 bridgehead atoms. The topological polar surface area (TPSA) is 26.0 Å². The molecule has 1 nitrogen and oxygen atoms in total. The fourth-order valence-corrected chi connectivity index (χ4v) is 3.35. The van der Waals surface area contributed by atoms with Crippen LogP contribution in [0.25, 0.3) is 10.4 Å². The molecule has 0 saturated carbocycles. The average Bonchev–Trinajstić information content (AvgIpc) is 2.82. The second kappa shape index (κ2) is 6.20. The molecule has 0 amide bonds. The van der Waals surface area contributed by atoms with Gasteiger partial charge in [0, 0.05) is 20.3 Å². The highest BCUT2D eigenvalue weighted by molar-refractivity contribution is 9.10. The second-order valence-electron chi connectivity index (χ2n) is 4.23. The van der Waals surface area contributed by atoms with Gasteiger partial charge in [0.25, 0.3) is 0 Å². The fourth-order valence-electron chi connectivity index (χ4n) is 1.81. The molecule has 1 aromatic carbocycles. The minimum absolute atomic E-state index is 0.157. The molecule has 0 aliphatic rings. The zero-order valence-electron chi connectivity index (χ0n) is 10.1. The van der Waals surface area contributed by atoms with E-state index < -0.39 is 0 Å². The maximum atomic E-state index is 6.13. The van der Waals surface area contributed by atoms with E-state index >= 15 is 0 Å². The van der Waals surface area contributed by atoms with E-state index in [4.69, 9.17) is 17.3 Å². The summed E-state index contributed by atoms with van der Waals surface area (Å²) in [6.45, 7) is 2.16. The van der Waals surface area contributed by atoms with Crippen LogP contribution in [0.2, 0.25) is 5.02 Å². The van der Waals surface area contributed by atoms with Gasteiger partial charge >= 0.3 is 0 Å². The first-order chi connectivity index (χ1) is 8.61. The van der Waals surface area contributed by atoms with Gasteiger partial charge in [0.05, 0.1) is 5.02 Å². The monoisotopic (exact) mass is 343 g/mol. The molecule has 1 atom stereocenters. The summed E-state index contributed by atoms with van der Waals surface area (Å²) >= 11 is 11.2. The Kier molecular flexibility index (Phi) is 4.84. The van der Waals surface area contributed by atoms with Crippen LogP contribution in [0.5, 0.6) is 0 Å². The van der Waals surface area contributed by atoms with Crippen LogP contribution in [0.15, 0.2) is 34.8 Å². The number of hydrogen-bond donors (Lipinski definition) is 1. The summed E-state index contributed by atoms with van der Waals surface area (Å²) in [5.74, 6) is 0. The normalized spacial score (nSPS) is 12.7. The third-order valence-corrected chi connectivity index (χ3v) is 5.28. The second-order valence-corrected chi connectivity index (χ2v) is 6.60. The SMILES string of the molecule is CCCC(N)c1ccc(-c2ccc(Cl)c(Br)c2)s1. The maximum Gasteiger partial charge on any atom is 0.0548 e. The van der Waals surface area contributed by atoms with E-state index in [0.29, 0.717) is 0 Å². The van der Waals surface area contributed by atoms with Crippen LogP contribution < -0.4 is 5.73 Å². The van der Waals surface area contributed by atoms with Gasteiger partial charge in [-0.2, -0.15) is 0 Å². The van der Waals surface area contributed by atoms with Crippen molar-refractivity contribution in [1.29, 1.82) is 0 Å². The van der Waals surface area contributed by atoms with Crippen molar-refractivity contribution < 1.29 is 0 Å². The Hall–Kier alpha value is -0.350. The summed E-state index contributed by atoms with van der Waals surface area (Å²) in [7, 11) is 0. The van der Waals surface area contributed by atoms with Gasteiger partial charge in [-0.25, -0.2) is 0 Å². The zero-order chi connectivity index (χ0) is 13.1. The highest BCUT2D eigenvalue weighted by atomic mass is 79.9. The number of benzene rings is 1. The first kappa shape index (κ1) is 14.1. The van der Waals surface area contributed by atoms with Crippen LogP contribution in [0.3, 0.4) is 0 Å². The summed E-state index contributed by atoms with van der Waals surface area (Å²) in [4.78, 5) is 2.48. The molecule has 18 heavy (non-hydrogen) atoms. The molecule has 96 valence electrons. The molecule has 0 fully saturated rings. The van der Waals surface area contributed by atoms with Crippen molar-refractivity contribution in [2.24, 2.45) is 5.73 Å². The van der Waals surface area contributed by atoms with Gasteiger partial charge in [-0.1, -0.05) is 31.0 Å². The first-order valence-corrected chi connectivity index (χ1v) is 7.91. The van der Waals surface area contributed by atoms with Crippen LogP contribution in [0.4, 0.5) is 0 Å². The van der Waals surface area contributed by atoms with Crippen molar-refractivity contribution in [2.75, 3.05) is 0 Å². The lowest BCUT2D eigenvalue weighted by atomic mass is 10.1. The first-order valence-electron chi connectivity index (χ1n) is 5.92. The lowest BCUT2D eigenvalue weighted by molar-refractivity contribution is 0.648. The van der Waals surface area contributed by atoms with Crippen molar-refractivity contribution in [3.63, 3.8) is 0 Å². The highest BCUT2D eigenvalue weighted by Gasteiger charge is 2.10. The van der Waals surface area contributed by atoms with Crippen molar-refractivity contribution in [1.82, 2.24) is 0 Å². The van der Waals surface area contributed by atoms with Crippen LogP contribution >= 0.6 is 38.9 Å².